The van der Waals surface area contributed by atoms with Crippen LogP contribution in [0.2, 0.25) is 0 Å². The summed E-state index contributed by atoms with van der Waals surface area (Å²) in [5, 5.41) is 8.63. The third-order valence-electron chi connectivity index (χ3n) is 2.65. The van der Waals surface area contributed by atoms with Gasteiger partial charge in [0.15, 0.2) is 0 Å². The molecule has 3 nitrogen and oxygen atoms in total. The molecule has 0 aromatic heterocycles. The Morgan fingerprint density at radius 3 is 2.40 bits per heavy atom. The molecule has 1 aromatic carbocycles. The molecule has 20 heavy (non-hydrogen) atoms. The first-order valence-corrected chi connectivity index (χ1v) is 6.92. The molecule has 0 aliphatic carbocycles. The quantitative estimate of drug-likeness (QED) is 0.838. The van der Waals surface area contributed by atoms with Crippen molar-refractivity contribution in [3.63, 3.8) is 0 Å². The minimum Gasteiger partial charge on any atom is -0.492 e. The smallest absolute Gasteiger partial charge is 0.119 e. The first-order chi connectivity index (χ1) is 9.40. The topological polar surface area (TPSA) is 32.7 Å². The zero-order valence-electron chi connectivity index (χ0n) is 12.9. The van der Waals surface area contributed by atoms with Crippen LogP contribution in [0.5, 0.6) is 5.75 Å². The van der Waals surface area contributed by atoms with Crippen molar-refractivity contribution in [3.05, 3.63) is 29.8 Å². The summed E-state index contributed by atoms with van der Waals surface area (Å²) in [6, 6.07) is 7.62. The molecule has 3 heteroatoms. The third-order valence-corrected chi connectivity index (χ3v) is 2.65. The molecule has 0 unspecified atom stereocenters. The summed E-state index contributed by atoms with van der Waals surface area (Å²) in [6.07, 6.45) is 0. The SMILES string of the molecule is CN(CCOc1ccc(C#CCO)cc1)CC(C)(C)C. The number of ether oxygens (including phenoxy) is 1. The van der Waals surface area contributed by atoms with Crippen LogP contribution in [0.4, 0.5) is 0 Å². The van der Waals surface area contributed by atoms with Crippen molar-refractivity contribution in [2.24, 2.45) is 5.41 Å². The van der Waals surface area contributed by atoms with Crippen molar-refractivity contribution < 1.29 is 9.84 Å². The molecule has 1 N–H and O–H groups in total. The number of nitrogens with zero attached hydrogens (tertiary/aromatic N) is 1. The van der Waals surface area contributed by atoms with Crippen molar-refractivity contribution in [2.45, 2.75) is 20.8 Å². The van der Waals surface area contributed by atoms with Crippen molar-refractivity contribution in [1.82, 2.24) is 4.90 Å². The molecule has 110 valence electrons. The number of aliphatic hydroxyl groups is 1. The Labute approximate surface area is 122 Å². The Hall–Kier alpha value is -1.50. The van der Waals surface area contributed by atoms with E-state index >= 15 is 0 Å². The maximum atomic E-state index is 8.63. The van der Waals surface area contributed by atoms with Gasteiger partial charge in [-0.25, -0.2) is 0 Å². The number of aliphatic hydroxyl groups excluding tert-OH is 1. The van der Waals surface area contributed by atoms with Crippen LogP contribution in [0.3, 0.4) is 0 Å². The van der Waals surface area contributed by atoms with E-state index in [1.165, 1.54) is 0 Å². The van der Waals surface area contributed by atoms with Gasteiger partial charge in [-0.2, -0.15) is 0 Å². The van der Waals surface area contributed by atoms with Gasteiger partial charge in [-0.05, 0) is 36.7 Å². The van der Waals surface area contributed by atoms with Gasteiger partial charge in [0.2, 0.25) is 0 Å². The number of hydrogen-bond acceptors (Lipinski definition) is 3. The predicted molar refractivity (Wildman–Crippen MR) is 82.9 cm³/mol. The number of benzene rings is 1. The van der Waals surface area contributed by atoms with Gasteiger partial charge in [0.25, 0.3) is 0 Å². The number of rotatable bonds is 5. The van der Waals surface area contributed by atoms with E-state index < -0.39 is 0 Å². The fraction of sp³-hybridized carbons (Fsp3) is 0.529. The molecule has 0 heterocycles. The van der Waals surface area contributed by atoms with E-state index in [0.717, 1.165) is 24.4 Å². The molecular weight excluding hydrogens is 250 g/mol. The van der Waals surface area contributed by atoms with Crippen LogP contribution in [0.1, 0.15) is 26.3 Å². The van der Waals surface area contributed by atoms with Gasteiger partial charge < -0.3 is 14.7 Å². The highest BCUT2D eigenvalue weighted by atomic mass is 16.5. The molecule has 0 aliphatic heterocycles. The Morgan fingerprint density at radius 1 is 1.20 bits per heavy atom. The van der Waals surface area contributed by atoms with Crippen LogP contribution >= 0.6 is 0 Å². The van der Waals surface area contributed by atoms with E-state index in [0.29, 0.717) is 12.0 Å². The van der Waals surface area contributed by atoms with Crippen molar-refractivity contribution in [1.29, 1.82) is 0 Å². The van der Waals surface area contributed by atoms with Gasteiger partial charge in [-0.15, -0.1) is 0 Å². The second-order valence-electron chi connectivity index (χ2n) is 6.13. The minimum absolute atomic E-state index is 0.113. The lowest BCUT2D eigenvalue weighted by Gasteiger charge is -2.26. The Kier molecular flexibility index (Phi) is 6.57. The lowest BCUT2D eigenvalue weighted by atomic mass is 9.96. The summed E-state index contributed by atoms with van der Waals surface area (Å²) in [5.41, 5.74) is 1.19. The predicted octanol–water partition coefficient (Wildman–Crippen LogP) is 2.39. The van der Waals surface area contributed by atoms with E-state index in [-0.39, 0.29) is 6.61 Å². The second-order valence-corrected chi connectivity index (χ2v) is 6.13. The molecule has 0 bridgehead atoms. The van der Waals surface area contributed by atoms with Crippen LogP contribution in [-0.4, -0.2) is 43.4 Å². The molecular formula is C17H25NO2. The lowest BCUT2D eigenvalue weighted by Crippen LogP contribution is -2.32. The molecule has 0 saturated carbocycles. The van der Waals surface area contributed by atoms with E-state index in [1.807, 2.05) is 24.3 Å². The van der Waals surface area contributed by atoms with Crippen LogP contribution < -0.4 is 4.74 Å². The number of likely N-dealkylation sites (N-methyl/N-ethyl adjacent to an activating group) is 1. The summed E-state index contributed by atoms with van der Waals surface area (Å²) in [4.78, 5) is 2.28. The molecule has 0 fully saturated rings. The highest BCUT2D eigenvalue weighted by Crippen LogP contribution is 2.14. The fourth-order valence-electron chi connectivity index (χ4n) is 1.98. The second kappa shape index (κ2) is 7.94. The van der Waals surface area contributed by atoms with Crippen LogP contribution in [0.25, 0.3) is 0 Å². The van der Waals surface area contributed by atoms with Gasteiger partial charge in [-0.1, -0.05) is 32.6 Å². The zero-order valence-corrected chi connectivity index (χ0v) is 12.9. The summed E-state index contributed by atoms with van der Waals surface area (Å²) < 4.78 is 5.71. The Balaban J connectivity index is 2.35. The molecule has 0 amide bonds. The monoisotopic (exact) mass is 275 g/mol. The molecule has 0 saturated heterocycles. The van der Waals surface area contributed by atoms with Gasteiger partial charge >= 0.3 is 0 Å². The largest absolute Gasteiger partial charge is 0.492 e. The maximum Gasteiger partial charge on any atom is 0.119 e. The highest BCUT2D eigenvalue weighted by Gasteiger charge is 2.13. The Morgan fingerprint density at radius 2 is 1.85 bits per heavy atom. The molecule has 0 aliphatic rings. The van der Waals surface area contributed by atoms with E-state index in [2.05, 4.69) is 44.6 Å². The van der Waals surface area contributed by atoms with Crippen molar-refractivity contribution in [2.75, 3.05) is 33.4 Å². The third kappa shape index (κ3) is 7.18. The fourth-order valence-corrected chi connectivity index (χ4v) is 1.98. The summed E-state index contributed by atoms with van der Waals surface area (Å²) in [6.45, 7) is 9.21. The lowest BCUT2D eigenvalue weighted by molar-refractivity contribution is 0.188. The molecule has 0 spiro atoms. The van der Waals surface area contributed by atoms with Gasteiger partial charge in [0.05, 0.1) is 0 Å². The molecule has 0 radical (unpaired) electrons. The summed E-state index contributed by atoms with van der Waals surface area (Å²) >= 11 is 0. The molecule has 0 atom stereocenters. The maximum absolute atomic E-state index is 8.63. The van der Waals surface area contributed by atoms with Crippen LogP contribution in [0.15, 0.2) is 24.3 Å². The summed E-state index contributed by atoms with van der Waals surface area (Å²) in [7, 11) is 2.11. The van der Waals surface area contributed by atoms with Crippen molar-refractivity contribution >= 4 is 0 Å². The number of hydrogen-bond donors (Lipinski definition) is 1. The van der Waals surface area contributed by atoms with E-state index in [4.69, 9.17) is 9.84 Å². The van der Waals surface area contributed by atoms with Crippen LogP contribution in [0, 0.1) is 17.3 Å². The zero-order chi connectivity index (χ0) is 15.0. The van der Waals surface area contributed by atoms with E-state index in [1.54, 1.807) is 0 Å². The minimum atomic E-state index is -0.113. The molecule has 1 rings (SSSR count). The van der Waals surface area contributed by atoms with Gasteiger partial charge in [-0.3, -0.25) is 0 Å². The van der Waals surface area contributed by atoms with E-state index in [9.17, 15) is 0 Å². The first kappa shape index (κ1) is 16.6. The van der Waals surface area contributed by atoms with Gasteiger partial charge in [0, 0.05) is 18.7 Å². The highest BCUT2D eigenvalue weighted by molar-refractivity contribution is 5.38. The average Bonchev–Trinajstić information content (AvgIpc) is 2.35. The standard InChI is InChI=1S/C17H25NO2/c1-17(2,3)14-18(4)11-13-20-16-9-7-15(8-10-16)6-5-12-19/h7-10,19H,11-14H2,1-4H3. The van der Waals surface area contributed by atoms with Gasteiger partial charge in [0.1, 0.15) is 19.0 Å². The van der Waals surface area contributed by atoms with Crippen LogP contribution in [-0.2, 0) is 0 Å². The normalized spacial score (nSPS) is 11.1. The Bertz CT molecular complexity index is 449. The first-order valence-electron chi connectivity index (χ1n) is 6.92. The molecule has 1 aromatic rings. The van der Waals surface area contributed by atoms with Crippen molar-refractivity contribution in [3.8, 4) is 17.6 Å². The average molecular weight is 275 g/mol. The summed E-state index contributed by atoms with van der Waals surface area (Å²) in [5.74, 6) is 6.33.